The van der Waals surface area contributed by atoms with E-state index in [1.165, 1.54) is 12.1 Å². The first kappa shape index (κ1) is 14.6. The summed E-state index contributed by atoms with van der Waals surface area (Å²) in [6.45, 7) is 0. The number of rotatable bonds is 3. The van der Waals surface area contributed by atoms with E-state index in [0.29, 0.717) is 6.07 Å². The molecule has 0 bridgehead atoms. The molecule has 0 radical (unpaired) electrons. The standard InChI is InChI=1S/C14H9F3N2O2/c15-8-3-1-7(2-4-8)14(21)19-12-5-9(13(18)20)10(16)6-11(12)17/h1-6H,(H2,18,20)(H,19,21). The van der Waals surface area contributed by atoms with Crippen LogP contribution in [0.3, 0.4) is 0 Å². The summed E-state index contributed by atoms with van der Waals surface area (Å²) in [5, 5.41) is 2.16. The minimum atomic E-state index is -1.13. The lowest BCUT2D eigenvalue weighted by Crippen LogP contribution is -2.17. The van der Waals surface area contributed by atoms with E-state index in [2.05, 4.69) is 5.32 Å². The van der Waals surface area contributed by atoms with Crippen LogP contribution >= 0.6 is 0 Å². The number of nitrogens with one attached hydrogen (secondary N) is 1. The molecular formula is C14H9F3N2O2. The van der Waals surface area contributed by atoms with Gasteiger partial charge in [-0.1, -0.05) is 0 Å². The molecule has 0 aliphatic rings. The highest BCUT2D eigenvalue weighted by Gasteiger charge is 2.16. The molecule has 0 heterocycles. The van der Waals surface area contributed by atoms with Gasteiger partial charge in [-0.15, -0.1) is 0 Å². The first-order valence-corrected chi connectivity index (χ1v) is 5.74. The minimum Gasteiger partial charge on any atom is -0.366 e. The quantitative estimate of drug-likeness (QED) is 0.912. The number of carbonyl (C=O) groups excluding carboxylic acids is 2. The molecule has 0 aliphatic carbocycles. The SMILES string of the molecule is NC(=O)c1cc(NC(=O)c2ccc(F)cc2)c(F)cc1F. The van der Waals surface area contributed by atoms with Crippen LogP contribution in [-0.2, 0) is 0 Å². The van der Waals surface area contributed by atoms with Crippen LogP contribution in [0.4, 0.5) is 18.9 Å². The highest BCUT2D eigenvalue weighted by molar-refractivity contribution is 6.05. The van der Waals surface area contributed by atoms with Crippen molar-refractivity contribution in [2.75, 3.05) is 5.32 Å². The molecule has 0 saturated heterocycles. The average molecular weight is 294 g/mol. The van der Waals surface area contributed by atoms with E-state index in [1.807, 2.05) is 0 Å². The van der Waals surface area contributed by atoms with Crippen LogP contribution in [0.5, 0.6) is 0 Å². The zero-order valence-corrected chi connectivity index (χ0v) is 10.5. The van der Waals surface area contributed by atoms with Crippen LogP contribution in [0.15, 0.2) is 36.4 Å². The van der Waals surface area contributed by atoms with E-state index in [4.69, 9.17) is 5.73 Å². The van der Waals surface area contributed by atoms with Crippen LogP contribution in [0.25, 0.3) is 0 Å². The highest BCUT2D eigenvalue weighted by Crippen LogP contribution is 2.20. The second-order valence-electron chi connectivity index (χ2n) is 4.14. The summed E-state index contributed by atoms with van der Waals surface area (Å²) in [6, 6.07) is 5.76. The van der Waals surface area contributed by atoms with E-state index in [1.54, 1.807) is 0 Å². The van der Waals surface area contributed by atoms with Crippen molar-refractivity contribution in [2.24, 2.45) is 5.73 Å². The molecule has 0 unspecified atom stereocenters. The summed E-state index contributed by atoms with van der Waals surface area (Å²) in [5.41, 5.74) is 4.05. The van der Waals surface area contributed by atoms with E-state index in [9.17, 15) is 22.8 Å². The van der Waals surface area contributed by atoms with Crippen molar-refractivity contribution in [1.82, 2.24) is 0 Å². The zero-order valence-electron chi connectivity index (χ0n) is 10.5. The van der Waals surface area contributed by atoms with Crippen molar-refractivity contribution in [2.45, 2.75) is 0 Å². The maximum absolute atomic E-state index is 13.6. The smallest absolute Gasteiger partial charge is 0.255 e. The van der Waals surface area contributed by atoms with Crippen molar-refractivity contribution in [3.8, 4) is 0 Å². The predicted octanol–water partition coefficient (Wildman–Crippen LogP) is 2.46. The molecule has 2 aromatic rings. The lowest BCUT2D eigenvalue weighted by atomic mass is 10.1. The Morgan fingerprint density at radius 1 is 0.952 bits per heavy atom. The van der Waals surface area contributed by atoms with Gasteiger partial charge in [0.05, 0.1) is 11.3 Å². The van der Waals surface area contributed by atoms with Crippen LogP contribution in [-0.4, -0.2) is 11.8 Å². The monoisotopic (exact) mass is 294 g/mol. The van der Waals surface area contributed by atoms with E-state index < -0.39 is 40.5 Å². The second kappa shape index (κ2) is 5.66. The Balaban J connectivity index is 2.30. The molecule has 0 saturated carbocycles. The molecule has 2 aromatic carbocycles. The Kier molecular flexibility index (Phi) is 3.93. The van der Waals surface area contributed by atoms with Crippen LogP contribution in [0.1, 0.15) is 20.7 Å². The van der Waals surface area contributed by atoms with E-state index >= 15 is 0 Å². The lowest BCUT2D eigenvalue weighted by Gasteiger charge is -2.08. The third-order valence-corrected chi connectivity index (χ3v) is 2.68. The van der Waals surface area contributed by atoms with Crippen molar-refractivity contribution in [3.05, 3.63) is 65.0 Å². The van der Waals surface area contributed by atoms with Gasteiger partial charge in [-0.3, -0.25) is 9.59 Å². The number of halogens is 3. The molecule has 0 spiro atoms. The number of hydrogen-bond donors (Lipinski definition) is 2. The van der Waals surface area contributed by atoms with E-state index in [-0.39, 0.29) is 5.56 Å². The molecule has 3 N–H and O–H groups in total. The summed E-state index contributed by atoms with van der Waals surface area (Å²) in [4.78, 5) is 22.8. The fourth-order valence-corrected chi connectivity index (χ4v) is 1.63. The Morgan fingerprint density at radius 2 is 1.57 bits per heavy atom. The van der Waals surface area contributed by atoms with Crippen molar-refractivity contribution in [1.29, 1.82) is 0 Å². The molecule has 2 rings (SSSR count). The molecule has 108 valence electrons. The van der Waals surface area contributed by atoms with Crippen molar-refractivity contribution >= 4 is 17.5 Å². The summed E-state index contributed by atoms with van der Waals surface area (Å²) >= 11 is 0. The van der Waals surface area contributed by atoms with Crippen molar-refractivity contribution < 1.29 is 22.8 Å². The molecule has 4 nitrogen and oxygen atoms in total. The number of benzene rings is 2. The number of carbonyl (C=O) groups is 2. The molecule has 7 heteroatoms. The number of primary amides is 1. The van der Waals surface area contributed by atoms with Gasteiger partial charge in [0.1, 0.15) is 17.5 Å². The molecule has 0 aromatic heterocycles. The van der Waals surface area contributed by atoms with Gasteiger partial charge >= 0.3 is 0 Å². The maximum atomic E-state index is 13.6. The number of hydrogen-bond acceptors (Lipinski definition) is 2. The maximum Gasteiger partial charge on any atom is 0.255 e. The molecule has 21 heavy (non-hydrogen) atoms. The summed E-state index contributed by atoms with van der Waals surface area (Å²) in [6.07, 6.45) is 0. The first-order chi connectivity index (χ1) is 9.88. The number of nitrogens with two attached hydrogens (primary N) is 1. The van der Waals surface area contributed by atoms with Crippen LogP contribution in [0.2, 0.25) is 0 Å². The van der Waals surface area contributed by atoms with Crippen LogP contribution < -0.4 is 11.1 Å². The third kappa shape index (κ3) is 3.19. The topological polar surface area (TPSA) is 72.2 Å². The summed E-state index contributed by atoms with van der Waals surface area (Å²) in [7, 11) is 0. The average Bonchev–Trinajstić information content (AvgIpc) is 2.42. The van der Waals surface area contributed by atoms with Gasteiger partial charge in [0, 0.05) is 11.6 Å². The van der Waals surface area contributed by atoms with Gasteiger partial charge < -0.3 is 11.1 Å². The number of amides is 2. The Morgan fingerprint density at radius 3 is 2.14 bits per heavy atom. The normalized spacial score (nSPS) is 10.2. The second-order valence-corrected chi connectivity index (χ2v) is 4.14. The minimum absolute atomic E-state index is 0.0701. The fourth-order valence-electron chi connectivity index (χ4n) is 1.63. The molecular weight excluding hydrogens is 285 g/mol. The van der Waals surface area contributed by atoms with Gasteiger partial charge in [-0.05, 0) is 30.3 Å². The Labute approximate surface area is 117 Å². The Hall–Kier alpha value is -2.83. The molecule has 2 amide bonds. The van der Waals surface area contributed by atoms with Gasteiger partial charge in [-0.2, -0.15) is 0 Å². The largest absolute Gasteiger partial charge is 0.366 e. The van der Waals surface area contributed by atoms with Crippen molar-refractivity contribution in [3.63, 3.8) is 0 Å². The van der Waals surface area contributed by atoms with Crippen LogP contribution in [0, 0.1) is 17.5 Å². The molecule has 0 aliphatic heterocycles. The first-order valence-electron chi connectivity index (χ1n) is 5.74. The summed E-state index contributed by atoms with van der Waals surface area (Å²) in [5.74, 6) is -4.55. The van der Waals surface area contributed by atoms with Gasteiger partial charge in [0.25, 0.3) is 11.8 Å². The number of anilines is 1. The van der Waals surface area contributed by atoms with Gasteiger partial charge in [0.15, 0.2) is 0 Å². The van der Waals surface area contributed by atoms with Gasteiger partial charge in [0.2, 0.25) is 0 Å². The predicted molar refractivity (Wildman–Crippen MR) is 69.2 cm³/mol. The molecule has 0 atom stereocenters. The van der Waals surface area contributed by atoms with Gasteiger partial charge in [-0.25, -0.2) is 13.2 Å². The lowest BCUT2D eigenvalue weighted by molar-refractivity contribution is 0.0992. The zero-order chi connectivity index (χ0) is 15.6. The van der Waals surface area contributed by atoms with E-state index in [0.717, 1.165) is 18.2 Å². The highest BCUT2D eigenvalue weighted by atomic mass is 19.1. The fraction of sp³-hybridized carbons (Fsp3) is 0. The summed E-state index contributed by atoms with van der Waals surface area (Å²) < 4.78 is 39.6. The third-order valence-electron chi connectivity index (χ3n) is 2.68. The molecule has 0 fully saturated rings. The Bertz CT molecular complexity index is 715.